The van der Waals surface area contributed by atoms with Crippen LogP contribution in [0.5, 0.6) is 0 Å². The van der Waals surface area contributed by atoms with Gasteiger partial charge in [0.15, 0.2) is 0 Å². The molecule has 1 unspecified atom stereocenters. The average molecular weight is 324 g/mol. The van der Waals surface area contributed by atoms with Crippen molar-refractivity contribution in [3.05, 3.63) is 40.9 Å². The summed E-state index contributed by atoms with van der Waals surface area (Å²) in [5.74, 6) is 1.10. The van der Waals surface area contributed by atoms with Gasteiger partial charge in [-0.25, -0.2) is 0 Å². The van der Waals surface area contributed by atoms with Gasteiger partial charge in [-0.2, -0.15) is 0 Å². The number of hydrogen-bond donors (Lipinski definition) is 1. The molecule has 0 amide bonds. The second kappa shape index (κ2) is 9.55. The summed E-state index contributed by atoms with van der Waals surface area (Å²) in [6.07, 6.45) is 10.5. The van der Waals surface area contributed by atoms with E-state index >= 15 is 0 Å². The van der Waals surface area contributed by atoms with Gasteiger partial charge in [-0.3, -0.25) is 0 Å². The van der Waals surface area contributed by atoms with Crippen molar-refractivity contribution in [2.24, 2.45) is 0 Å². The van der Waals surface area contributed by atoms with Gasteiger partial charge in [-0.15, -0.1) is 11.8 Å². The zero-order valence-corrected chi connectivity index (χ0v) is 14.5. The molecular weight excluding hydrogens is 298 g/mol. The highest BCUT2D eigenvalue weighted by atomic mass is 35.5. The molecule has 0 spiro atoms. The van der Waals surface area contributed by atoms with E-state index in [4.69, 9.17) is 11.6 Å². The van der Waals surface area contributed by atoms with Crippen molar-refractivity contribution in [1.82, 2.24) is 5.32 Å². The number of benzene rings is 1. The number of likely N-dealkylation sites (N-methyl/N-ethyl adjacent to an activating group) is 1. The highest BCUT2D eigenvalue weighted by Gasteiger charge is 2.14. The standard InChI is InChI=1S/C18H26ClNS/c1-2-20-18(15-8-6-4-3-5-7-9-15)14-21-17-12-10-16(19)11-13-17/h8,10-13,18,20H,2-7,9,14H2,1H3/b15-8+. The van der Waals surface area contributed by atoms with E-state index in [0.29, 0.717) is 6.04 Å². The molecule has 116 valence electrons. The van der Waals surface area contributed by atoms with Crippen LogP contribution in [0.1, 0.15) is 45.4 Å². The third kappa shape index (κ3) is 6.06. The minimum atomic E-state index is 0.508. The van der Waals surface area contributed by atoms with E-state index in [9.17, 15) is 0 Å². The number of allylic oxidation sites excluding steroid dienone is 1. The Bertz CT molecular complexity index is 441. The summed E-state index contributed by atoms with van der Waals surface area (Å²) in [5, 5.41) is 4.48. The molecule has 0 aromatic heterocycles. The van der Waals surface area contributed by atoms with Crippen molar-refractivity contribution in [1.29, 1.82) is 0 Å². The molecule has 0 heterocycles. The Labute approximate surface area is 138 Å². The molecule has 0 saturated heterocycles. The number of rotatable bonds is 6. The zero-order valence-electron chi connectivity index (χ0n) is 12.9. The molecule has 1 nitrogen and oxygen atoms in total. The fourth-order valence-corrected chi connectivity index (χ4v) is 3.93. The van der Waals surface area contributed by atoms with Crippen molar-refractivity contribution in [2.45, 2.75) is 56.4 Å². The molecular formula is C18H26ClNS. The summed E-state index contributed by atoms with van der Waals surface area (Å²) in [5.41, 5.74) is 1.62. The van der Waals surface area contributed by atoms with Crippen molar-refractivity contribution in [3.8, 4) is 0 Å². The Hall–Kier alpha value is -0.440. The molecule has 1 aliphatic carbocycles. The van der Waals surface area contributed by atoms with E-state index in [1.165, 1.54) is 43.4 Å². The number of thioether (sulfide) groups is 1. The van der Waals surface area contributed by atoms with Gasteiger partial charge in [0.25, 0.3) is 0 Å². The first-order valence-electron chi connectivity index (χ1n) is 8.10. The SMILES string of the molecule is CCNC(CSc1ccc(Cl)cc1)/C1=C/CCCCCC1. The summed E-state index contributed by atoms with van der Waals surface area (Å²) < 4.78 is 0. The Morgan fingerprint density at radius 2 is 1.90 bits per heavy atom. The Kier molecular flexibility index (Phi) is 7.70. The smallest absolute Gasteiger partial charge is 0.0406 e. The number of nitrogens with one attached hydrogen (secondary N) is 1. The van der Waals surface area contributed by atoms with E-state index in [2.05, 4.69) is 30.4 Å². The number of halogens is 1. The molecule has 0 aliphatic heterocycles. The lowest BCUT2D eigenvalue weighted by atomic mass is 9.95. The van der Waals surface area contributed by atoms with Crippen LogP contribution in [0.3, 0.4) is 0 Å². The van der Waals surface area contributed by atoms with Crippen molar-refractivity contribution in [2.75, 3.05) is 12.3 Å². The third-order valence-corrected chi connectivity index (χ3v) is 5.31. The third-order valence-electron chi connectivity index (χ3n) is 3.95. The predicted molar refractivity (Wildman–Crippen MR) is 95.4 cm³/mol. The van der Waals surface area contributed by atoms with Crippen LogP contribution < -0.4 is 5.32 Å². The van der Waals surface area contributed by atoms with Crippen LogP contribution >= 0.6 is 23.4 Å². The summed E-state index contributed by atoms with van der Waals surface area (Å²) in [4.78, 5) is 1.30. The van der Waals surface area contributed by atoms with Crippen LogP contribution in [0.25, 0.3) is 0 Å². The minimum Gasteiger partial charge on any atom is -0.310 e. The molecule has 1 N–H and O–H groups in total. The van der Waals surface area contributed by atoms with Crippen LogP contribution in [0, 0.1) is 0 Å². The van der Waals surface area contributed by atoms with Crippen LogP contribution in [-0.2, 0) is 0 Å². The summed E-state index contributed by atoms with van der Waals surface area (Å²) in [6.45, 7) is 3.23. The molecule has 21 heavy (non-hydrogen) atoms. The first-order chi connectivity index (χ1) is 10.3. The highest BCUT2D eigenvalue weighted by Crippen LogP contribution is 2.26. The molecule has 3 heteroatoms. The molecule has 1 aliphatic rings. The zero-order chi connectivity index (χ0) is 14.9. The van der Waals surface area contributed by atoms with Gasteiger partial charge in [0.05, 0.1) is 0 Å². The molecule has 0 radical (unpaired) electrons. The largest absolute Gasteiger partial charge is 0.310 e. The van der Waals surface area contributed by atoms with Gasteiger partial charge in [-0.05, 0) is 56.5 Å². The average Bonchev–Trinajstić information content (AvgIpc) is 2.45. The van der Waals surface area contributed by atoms with Gasteiger partial charge in [0.1, 0.15) is 0 Å². The van der Waals surface area contributed by atoms with Crippen LogP contribution in [0.15, 0.2) is 40.8 Å². The quantitative estimate of drug-likeness (QED) is 0.533. The Balaban J connectivity index is 1.95. The lowest BCUT2D eigenvalue weighted by molar-refractivity contribution is 0.566. The lowest BCUT2D eigenvalue weighted by Gasteiger charge is -2.23. The van der Waals surface area contributed by atoms with Gasteiger partial charge in [-0.1, -0.05) is 43.0 Å². The van der Waals surface area contributed by atoms with Gasteiger partial charge >= 0.3 is 0 Å². The van der Waals surface area contributed by atoms with Crippen molar-refractivity contribution < 1.29 is 0 Å². The normalized spacial score (nSPS) is 20.2. The van der Waals surface area contributed by atoms with E-state index in [1.807, 2.05) is 23.9 Å². The van der Waals surface area contributed by atoms with Gasteiger partial charge in [0.2, 0.25) is 0 Å². The second-order valence-corrected chi connectivity index (χ2v) is 7.14. The fraction of sp³-hybridized carbons (Fsp3) is 0.556. The topological polar surface area (TPSA) is 12.0 Å². The Morgan fingerprint density at radius 3 is 2.67 bits per heavy atom. The molecule has 1 atom stereocenters. The van der Waals surface area contributed by atoms with Crippen LogP contribution in [-0.4, -0.2) is 18.3 Å². The van der Waals surface area contributed by atoms with Crippen LogP contribution in [0.2, 0.25) is 5.02 Å². The molecule has 1 aromatic rings. The monoisotopic (exact) mass is 323 g/mol. The predicted octanol–water partition coefficient (Wildman–Crippen LogP) is 5.69. The van der Waals surface area contributed by atoms with E-state index in [-0.39, 0.29) is 0 Å². The lowest BCUT2D eigenvalue weighted by Crippen LogP contribution is -2.33. The van der Waals surface area contributed by atoms with E-state index in [0.717, 1.165) is 17.3 Å². The highest BCUT2D eigenvalue weighted by molar-refractivity contribution is 7.99. The van der Waals surface area contributed by atoms with E-state index < -0.39 is 0 Å². The van der Waals surface area contributed by atoms with Gasteiger partial charge < -0.3 is 5.32 Å². The maximum atomic E-state index is 5.95. The number of hydrogen-bond acceptors (Lipinski definition) is 2. The second-order valence-electron chi connectivity index (χ2n) is 5.61. The fourth-order valence-electron chi connectivity index (χ4n) is 2.79. The first-order valence-corrected chi connectivity index (χ1v) is 9.46. The molecule has 1 aromatic carbocycles. The minimum absolute atomic E-state index is 0.508. The molecule has 0 fully saturated rings. The maximum absolute atomic E-state index is 5.95. The summed E-state index contributed by atoms with van der Waals surface area (Å²) in [7, 11) is 0. The van der Waals surface area contributed by atoms with Gasteiger partial charge in [0, 0.05) is 21.7 Å². The maximum Gasteiger partial charge on any atom is 0.0406 e. The van der Waals surface area contributed by atoms with Crippen molar-refractivity contribution in [3.63, 3.8) is 0 Å². The Morgan fingerprint density at radius 1 is 1.14 bits per heavy atom. The molecule has 0 bridgehead atoms. The summed E-state index contributed by atoms with van der Waals surface area (Å²) >= 11 is 7.87. The van der Waals surface area contributed by atoms with E-state index in [1.54, 1.807) is 5.57 Å². The van der Waals surface area contributed by atoms with Crippen molar-refractivity contribution >= 4 is 23.4 Å². The van der Waals surface area contributed by atoms with Crippen LogP contribution in [0.4, 0.5) is 0 Å². The molecule has 2 rings (SSSR count). The molecule has 0 saturated carbocycles. The first kappa shape index (κ1) is 16.9. The summed E-state index contributed by atoms with van der Waals surface area (Å²) in [6, 6.07) is 8.68.